The number of aryl methyl sites for hydroxylation is 1. The number of halogens is 1. The first kappa shape index (κ1) is 15.3. The first-order chi connectivity index (χ1) is 8.35. The summed E-state index contributed by atoms with van der Waals surface area (Å²) in [6.45, 7) is 4.46. The molecule has 0 fully saturated rings. The molecule has 1 aliphatic rings. The van der Waals surface area contributed by atoms with Gasteiger partial charge in [0, 0.05) is 6.54 Å². The van der Waals surface area contributed by atoms with Crippen molar-refractivity contribution in [2.24, 2.45) is 0 Å². The van der Waals surface area contributed by atoms with E-state index in [-0.39, 0.29) is 12.4 Å². The highest BCUT2D eigenvalue weighted by molar-refractivity contribution is 5.85. The van der Waals surface area contributed by atoms with Crippen molar-refractivity contribution < 1.29 is 4.74 Å². The molecule has 2 rings (SSSR count). The van der Waals surface area contributed by atoms with Gasteiger partial charge in [-0.05, 0) is 61.4 Å². The fourth-order valence-electron chi connectivity index (χ4n) is 2.68. The standard InChI is InChI=1S/C15H23NO.ClH/c1-3-9-16-11-13-6-4-5-12-10-14(17-2)7-8-15(12)13;/h7-8,10,13,16H,3-6,9,11H2,1-2H3;1H. The lowest BCUT2D eigenvalue weighted by atomic mass is 9.82. The predicted octanol–water partition coefficient (Wildman–Crippen LogP) is 3.54. The van der Waals surface area contributed by atoms with Crippen LogP contribution >= 0.6 is 12.4 Å². The molecule has 0 amide bonds. The molecule has 18 heavy (non-hydrogen) atoms. The Morgan fingerprint density at radius 2 is 2.22 bits per heavy atom. The van der Waals surface area contributed by atoms with Gasteiger partial charge in [0.05, 0.1) is 7.11 Å². The van der Waals surface area contributed by atoms with Gasteiger partial charge in [-0.15, -0.1) is 12.4 Å². The van der Waals surface area contributed by atoms with Crippen LogP contribution in [0.2, 0.25) is 0 Å². The number of ether oxygens (including phenoxy) is 1. The molecule has 102 valence electrons. The molecule has 0 radical (unpaired) electrons. The summed E-state index contributed by atoms with van der Waals surface area (Å²) in [6, 6.07) is 6.56. The molecule has 1 unspecified atom stereocenters. The summed E-state index contributed by atoms with van der Waals surface area (Å²) < 4.78 is 5.30. The first-order valence-electron chi connectivity index (χ1n) is 6.72. The molecule has 0 bridgehead atoms. The maximum Gasteiger partial charge on any atom is 0.119 e. The smallest absolute Gasteiger partial charge is 0.119 e. The summed E-state index contributed by atoms with van der Waals surface area (Å²) in [5.41, 5.74) is 3.01. The molecule has 0 heterocycles. The van der Waals surface area contributed by atoms with Gasteiger partial charge in [0.2, 0.25) is 0 Å². The Kier molecular flexibility index (Phi) is 6.51. The van der Waals surface area contributed by atoms with Crippen LogP contribution in [0.15, 0.2) is 18.2 Å². The monoisotopic (exact) mass is 269 g/mol. The minimum absolute atomic E-state index is 0. The lowest BCUT2D eigenvalue weighted by molar-refractivity contribution is 0.412. The Morgan fingerprint density at radius 3 is 2.94 bits per heavy atom. The highest BCUT2D eigenvalue weighted by Crippen LogP contribution is 2.33. The molecule has 1 aromatic carbocycles. The summed E-state index contributed by atoms with van der Waals surface area (Å²) >= 11 is 0. The van der Waals surface area contributed by atoms with Crippen LogP contribution in [-0.2, 0) is 6.42 Å². The second-order valence-corrected chi connectivity index (χ2v) is 4.86. The summed E-state index contributed by atoms with van der Waals surface area (Å²) in [5.74, 6) is 1.68. The third-order valence-corrected chi connectivity index (χ3v) is 3.61. The number of nitrogens with one attached hydrogen (secondary N) is 1. The van der Waals surface area contributed by atoms with E-state index >= 15 is 0 Å². The van der Waals surface area contributed by atoms with E-state index < -0.39 is 0 Å². The van der Waals surface area contributed by atoms with Gasteiger partial charge in [0.15, 0.2) is 0 Å². The highest BCUT2D eigenvalue weighted by atomic mass is 35.5. The Hall–Kier alpha value is -0.730. The second kappa shape index (κ2) is 7.65. The Balaban J connectivity index is 0.00000162. The van der Waals surface area contributed by atoms with Crippen LogP contribution in [0.3, 0.4) is 0 Å². The van der Waals surface area contributed by atoms with Crippen molar-refractivity contribution in [3.8, 4) is 5.75 Å². The van der Waals surface area contributed by atoms with E-state index in [4.69, 9.17) is 4.74 Å². The van der Waals surface area contributed by atoms with Crippen molar-refractivity contribution in [1.82, 2.24) is 5.32 Å². The zero-order chi connectivity index (χ0) is 12.1. The van der Waals surface area contributed by atoms with Gasteiger partial charge in [-0.25, -0.2) is 0 Å². The third-order valence-electron chi connectivity index (χ3n) is 3.61. The molecular weight excluding hydrogens is 246 g/mol. The summed E-state index contributed by atoms with van der Waals surface area (Å²) in [4.78, 5) is 0. The minimum Gasteiger partial charge on any atom is -0.497 e. The Morgan fingerprint density at radius 1 is 1.39 bits per heavy atom. The van der Waals surface area contributed by atoms with Crippen LogP contribution in [-0.4, -0.2) is 20.2 Å². The number of fused-ring (bicyclic) bond motifs is 1. The van der Waals surface area contributed by atoms with Crippen LogP contribution in [0.5, 0.6) is 5.75 Å². The maximum atomic E-state index is 5.30. The fourth-order valence-corrected chi connectivity index (χ4v) is 2.68. The molecule has 1 N–H and O–H groups in total. The van der Waals surface area contributed by atoms with Crippen LogP contribution < -0.4 is 10.1 Å². The normalized spacial score (nSPS) is 17.8. The molecule has 0 spiro atoms. The SMILES string of the molecule is CCCNCC1CCCc2cc(OC)ccc21.Cl. The number of methoxy groups -OCH3 is 1. The van der Waals surface area contributed by atoms with Crippen LogP contribution in [0.4, 0.5) is 0 Å². The number of benzene rings is 1. The van der Waals surface area contributed by atoms with Gasteiger partial charge < -0.3 is 10.1 Å². The molecule has 0 aromatic heterocycles. The molecule has 0 saturated carbocycles. The van der Waals surface area contributed by atoms with E-state index in [1.807, 2.05) is 0 Å². The topological polar surface area (TPSA) is 21.3 Å². The van der Waals surface area contributed by atoms with Crippen molar-refractivity contribution in [2.75, 3.05) is 20.2 Å². The van der Waals surface area contributed by atoms with Gasteiger partial charge >= 0.3 is 0 Å². The first-order valence-corrected chi connectivity index (χ1v) is 6.72. The average molecular weight is 270 g/mol. The molecular formula is C15H24ClNO. The minimum atomic E-state index is 0. The molecule has 0 aliphatic heterocycles. The van der Waals surface area contributed by atoms with Gasteiger partial charge in [0.1, 0.15) is 5.75 Å². The summed E-state index contributed by atoms with van der Waals surface area (Å²) in [5, 5.41) is 3.54. The van der Waals surface area contributed by atoms with Crippen molar-refractivity contribution in [3.05, 3.63) is 29.3 Å². The maximum absolute atomic E-state index is 5.30. The predicted molar refractivity (Wildman–Crippen MR) is 79.1 cm³/mol. The number of hydrogen-bond acceptors (Lipinski definition) is 2. The molecule has 3 heteroatoms. The second-order valence-electron chi connectivity index (χ2n) is 4.86. The lowest BCUT2D eigenvalue weighted by Gasteiger charge is -2.26. The van der Waals surface area contributed by atoms with Crippen molar-refractivity contribution >= 4 is 12.4 Å². The van der Waals surface area contributed by atoms with Gasteiger partial charge in [-0.1, -0.05) is 13.0 Å². The van der Waals surface area contributed by atoms with E-state index in [2.05, 4.69) is 30.4 Å². The van der Waals surface area contributed by atoms with Crippen molar-refractivity contribution in [2.45, 2.75) is 38.5 Å². The summed E-state index contributed by atoms with van der Waals surface area (Å²) in [6.07, 6.45) is 5.04. The fraction of sp³-hybridized carbons (Fsp3) is 0.600. The van der Waals surface area contributed by atoms with E-state index in [0.29, 0.717) is 5.92 Å². The van der Waals surface area contributed by atoms with Crippen molar-refractivity contribution in [1.29, 1.82) is 0 Å². The van der Waals surface area contributed by atoms with E-state index in [9.17, 15) is 0 Å². The lowest BCUT2D eigenvalue weighted by Crippen LogP contribution is -2.25. The number of hydrogen-bond donors (Lipinski definition) is 1. The van der Waals surface area contributed by atoms with Crippen LogP contribution in [0.1, 0.15) is 43.2 Å². The summed E-state index contributed by atoms with van der Waals surface area (Å²) in [7, 11) is 1.74. The van der Waals surface area contributed by atoms with Crippen molar-refractivity contribution in [3.63, 3.8) is 0 Å². The van der Waals surface area contributed by atoms with Gasteiger partial charge in [-0.3, -0.25) is 0 Å². The zero-order valence-electron chi connectivity index (χ0n) is 11.4. The molecule has 2 nitrogen and oxygen atoms in total. The Bertz CT molecular complexity index is 368. The third kappa shape index (κ3) is 3.63. The van der Waals surface area contributed by atoms with E-state index in [1.54, 1.807) is 7.11 Å². The van der Waals surface area contributed by atoms with Crippen LogP contribution in [0.25, 0.3) is 0 Å². The van der Waals surface area contributed by atoms with E-state index in [0.717, 1.165) is 18.8 Å². The van der Waals surface area contributed by atoms with Gasteiger partial charge in [0.25, 0.3) is 0 Å². The quantitative estimate of drug-likeness (QED) is 0.826. The van der Waals surface area contributed by atoms with E-state index in [1.165, 1.54) is 36.8 Å². The van der Waals surface area contributed by atoms with Gasteiger partial charge in [-0.2, -0.15) is 0 Å². The largest absolute Gasteiger partial charge is 0.497 e. The molecule has 1 aliphatic carbocycles. The molecule has 1 atom stereocenters. The molecule has 0 saturated heterocycles. The average Bonchev–Trinajstić information content (AvgIpc) is 2.38. The zero-order valence-corrected chi connectivity index (χ0v) is 12.2. The van der Waals surface area contributed by atoms with Crippen LogP contribution in [0, 0.1) is 0 Å². The highest BCUT2D eigenvalue weighted by Gasteiger charge is 2.19. The molecule has 1 aromatic rings. The number of rotatable bonds is 5. The Labute approximate surface area is 117 Å².